The van der Waals surface area contributed by atoms with E-state index in [0.717, 1.165) is 0 Å². The van der Waals surface area contributed by atoms with Crippen LogP contribution in [0.15, 0.2) is 30.9 Å². The van der Waals surface area contributed by atoms with Gasteiger partial charge >= 0.3 is 5.97 Å². The number of hydrogen-bond donors (Lipinski definition) is 0. The van der Waals surface area contributed by atoms with Crippen LogP contribution in [0.5, 0.6) is 0 Å². The molecule has 0 spiro atoms. The molecule has 0 unspecified atom stereocenters. The Morgan fingerprint density at radius 2 is 2.06 bits per heavy atom. The average molecular weight is 238 g/mol. The van der Waals surface area contributed by atoms with Crippen LogP contribution in [0, 0.1) is 0 Å². The van der Waals surface area contributed by atoms with Crippen molar-refractivity contribution in [2.24, 2.45) is 0 Å². The highest BCUT2D eigenvalue weighted by Crippen LogP contribution is 2.20. The number of carbonyl (C=O) groups excluding carboxylic acids is 1. The number of hydrogen-bond acceptors (Lipinski definition) is 4. The maximum Gasteiger partial charge on any atom is 0.339 e. The number of aromatic nitrogens is 3. The number of methoxy groups -OCH3 is 1. The molecule has 1 heterocycles. The van der Waals surface area contributed by atoms with Gasteiger partial charge in [-0.3, -0.25) is 4.57 Å². The Bertz CT molecular complexity index is 511. The van der Waals surface area contributed by atoms with Gasteiger partial charge in [-0.05, 0) is 18.2 Å². The zero-order chi connectivity index (χ0) is 11.5. The summed E-state index contributed by atoms with van der Waals surface area (Å²) in [6.45, 7) is 0. The van der Waals surface area contributed by atoms with Crippen molar-refractivity contribution in [1.82, 2.24) is 14.8 Å². The fraction of sp³-hybridized carbons (Fsp3) is 0.100. The number of halogens is 1. The highest BCUT2D eigenvalue weighted by molar-refractivity contribution is 6.30. The molecule has 0 saturated heterocycles. The van der Waals surface area contributed by atoms with Gasteiger partial charge in [-0.1, -0.05) is 11.6 Å². The fourth-order valence-electron chi connectivity index (χ4n) is 1.33. The molecule has 0 amide bonds. The Morgan fingerprint density at radius 1 is 1.38 bits per heavy atom. The molecule has 6 heteroatoms. The van der Waals surface area contributed by atoms with Gasteiger partial charge in [-0.15, -0.1) is 10.2 Å². The van der Waals surface area contributed by atoms with Crippen molar-refractivity contribution in [2.45, 2.75) is 0 Å². The molecule has 0 radical (unpaired) electrons. The quantitative estimate of drug-likeness (QED) is 0.746. The lowest BCUT2D eigenvalue weighted by Gasteiger charge is -2.08. The van der Waals surface area contributed by atoms with Crippen LogP contribution in [0.2, 0.25) is 5.02 Å². The number of rotatable bonds is 2. The molecule has 0 atom stereocenters. The van der Waals surface area contributed by atoms with Gasteiger partial charge in [0.15, 0.2) is 0 Å². The number of esters is 1. The van der Waals surface area contributed by atoms with Crippen LogP contribution in [0.25, 0.3) is 5.69 Å². The molecule has 2 aromatic rings. The van der Waals surface area contributed by atoms with Crippen molar-refractivity contribution in [3.8, 4) is 5.69 Å². The molecule has 16 heavy (non-hydrogen) atoms. The van der Waals surface area contributed by atoms with Crippen LogP contribution in [0.1, 0.15) is 10.4 Å². The zero-order valence-electron chi connectivity index (χ0n) is 8.42. The first-order valence-corrected chi connectivity index (χ1v) is 4.83. The smallest absolute Gasteiger partial charge is 0.339 e. The minimum absolute atomic E-state index is 0.409. The second-order valence-electron chi connectivity index (χ2n) is 3.02. The predicted molar refractivity (Wildman–Crippen MR) is 57.7 cm³/mol. The van der Waals surface area contributed by atoms with E-state index in [9.17, 15) is 4.79 Å². The molecular formula is C10H8ClN3O2. The summed E-state index contributed by atoms with van der Waals surface area (Å²) < 4.78 is 6.27. The SMILES string of the molecule is COC(=O)c1ccc(Cl)cc1-n1cnnc1. The second-order valence-corrected chi connectivity index (χ2v) is 3.46. The first-order chi connectivity index (χ1) is 7.72. The lowest BCUT2D eigenvalue weighted by Crippen LogP contribution is -2.06. The summed E-state index contributed by atoms with van der Waals surface area (Å²) in [5.74, 6) is -0.430. The predicted octanol–water partition coefficient (Wildman–Crippen LogP) is 1.71. The Labute approximate surface area is 96.6 Å². The molecule has 1 aromatic heterocycles. The molecule has 5 nitrogen and oxygen atoms in total. The zero-order valence-corrected chi connectivity index (χ0v) is 9.18. The normalized spacial score (nSPS) is 10.1. The molecule has 2 rings (SSSR count). The van der Waals surface area contributed by atoms with Gasteiger partial charge in [0.2, 0.25) is 0 Å². The molecule has 0 saturated carbocycles. The van der Waals surface area contributed by atoms with E-state index in [2.05, 4.69) is 14.9 Å². The summed E-state index contributed by atoms with van der Waals surface area (Å²) >= 11 is 5.88. The summed E-state index contributed by atoms with van der Waals surface area (Å²) in [7, 11) is 1.33. The van der Waals surface area contributed by atoms with E-state index in [1.807, 2.05) is 0 Å². The van der Waals surface area contributed by atoms with E-state index in [1.165, 1.54) is 19.8 Å². The number of nitrogens with zero attached hydrogens (tertiary/aromatic N) is 3. The van der Waals surface area contributed by atoms with E-state index in [-0.39, 0.29) is 0 Å². The van der Waals surface area contributed by atoms with E-state index in [1.54, 1.807) is 22.8 Å². The molecule has 0 N–H and O–H groups in total. The summed E-state index contributed by atoms with van der Waals surface area (Å²) in [5.41, 5.74) is 0.996. The average Bonchev–Trinajstić information content (AvgIpc) is 2.81. The molecule has 0 aliphatic heterocycles. The summed E-state index contributed by atoms with van der Waals surface area (Å²) in [6.07, 6.45) is 2.97. The van der Waals surface area contributed by atoms with Crippen LogP contribution in [0.4, 0.5) is 0 Å². The first-order valence-electron chi connectivity index (χ1n) is 4.45. The molecule has 0 fully saturated rings. The molecule has 1 aromatic carbocycles. The van der Waals surface area contributed by atoms with Crippen LogP contribution in [-0.4, -0.2) is 27.8 Å². The Hall–Kier alpha value is -1.88. The monoisotopic (exact) mass is 237 g/mol. The van der Waals surface area contributed by atoms with Crippen LogP contribution in [0.3, 0.4) is 0 Å². The van der Waals surface area contributed by atoms with Crippen molar-refractivity contribution >= 4 is 17.6 Å². The van der Waals surface area contributed by atoms with Crippen molar-refractivity contribution in [2.75, 3.05) is 7.11 Å². The van der Waals surface area contributed by atoms with Gasteiger partial charge in [-0.2, -0.15) is 0 Å². The Kier molecular flexibility index (Phi) is 2.87. The maximum atomic E-state index is 11.5. The molecule has 0 aliphatic carbocycles. The van der Waals surface area contributed by atoms with Gasteiger partial charge in [0.05, 0.1) is 18.4 Å². The molecular weight excluding hydrogens is 230 g/mol. The van der Waals surface area contributed by atoms with Gasteiger partial charge < -0.3 is 4.74 Å². The van der Waals surface area contributed by atoms with Crippen molar-refractivity contribution in [3.05, 3.63) is 41.4 Å². The van der Waals surface area contributed by atoms with Crippen LogP contribution >= 0.6 is 11.6 Å². The Balaban J connectivity index is 2.57. The lowest BCUT2D eigenvalue weighted by atomic mass is 10.2. The largest absolute Gasteiger partial charge is 0.465 e. The standard InChI is InChI=1S/C10H8ClN3O2/c1-16-10(15)8-3-2-7(11)4-9(8)14-5-12-13-6-14/h2-6H,1H3. The van der Waals surface area contributed by atoms with Crippen LogP contribution in [-0.2, 0) is 4.74 Å². The van der Waals surface area contributed by atoms with Gasteiger partial charge in [-0.25, -0.2) is 4.79 Å². The van der Waals surface area contributed by atoms with E-state index >= 15 is 0 Å². The summed E-state index contributed by atoms with van der Waals surface area (Å²) in [5, 5.41) is 7.87. The van der Waals surface area contributed by atoms with Crippen LogP contribution < -0.4 is 0 Å². The number of ether oxygens (including phenoxy) is 1. The minimum Gasteiger partial charge on any atom is -0.465 e. The highest BCUT2D eigenvalue weighted by Gasteiger charge is 2.13. The number of carbonyl (C=O) groups is 1. The summed E-state index contributed by atoms with van der Waals surface area (Å²) in [6, 6.07) is 4.88. The van der Waals surface area contributed by atoms with Crippen molar-refractivity contribution in [1.29, 1.82) is 0 Å². The number of benzene rings is 1. The highest BCUT2D eigenvalue weighted by atomic mass is 35.5. The third kappa shape index (κ3) is 1.90. The maximum absolute atomic E-state index is 11.5. The third-order valence-corrected chi connectivity index (χ3v) is 2.30. The second kappa shape index (κ2) is 4.32. The van der Waals surface area contributed by atoms with Gasteiger partial charge in [0.1, 0.15) is 12.7 Å². The topological polar surface area (TPSA) is 57.0 Å². The van der Waals surface area contributed by atoms with Crippen molar-refractivity contribution < 1.29 is 9.53 Å². The van der Waals surface area contributed by atoms with E-state index in [4.69, 9.17) is 11.6 Å². The molecule has 0 bridgehead atoms. The van der Waals surface area contributed by atoms with Crippen molar-refractivity contribution in [3.63, 3.8) is 0 Å². The third-order valence-electron chi connectivity index (χ3n) is 2.06. The van der Waals surface area contributed by atoms with Gasteiger partial charge in [0, 0.05) is 5.02 Å². The first kappa shape index (κ1) is 10.6. The summed E-state index contributed by atoms with van der Waals surface area (Å²) in [4.78, 5) is 11.5. The molecule has 0 aliphatic rings. The molecule has 82 valence electrons. The van der Waals surface area contributed by atoms with E-state index < -0.39 is 5.97 Å². The van der Waals surface area contributed by atoms with Gasteiger partial charge in [0.25, 0.3) is 0 Å². The minimum atomic E-state index is -0.430. The Morgan fingerprint density at radius 3 is 2.69 bits per heavy atom. The van der Waals surface area contributed by atoms with E-state index in [0.29, 0.717) is 16.3 Å². The fourth-order valence-corrected chi connectivity index (χ4v) is 1.49. The lowest BCUT2D eigenvalue weighted by molar-refractivity contribution is 0.0601.